The van der Waals surface area contributed by atoms with Gasteiger partial charge in [-0.3, -0.25) is 14.4 Å². The van der Waals surface area contributed by atoms with Crippen molar-refractivity contribution < 1.29 is 24.3 Å². The summed E-state index contributed by atoms with van der Waals surface area (Å²) in [5.41, 5.74) is 0.578. The summed E-state index contributed by atoms with van der Waals surface area (Å²) < 4.78 is 0. The summed E-state index contributed by atoms with van der Waals surface area (Å²) in [4.78, 5) is 48.7. The van der Waals surface area contributed by atoms with Crippen molar-refractivity contribution in [3.8, 4) is 0 Å². The third kappa shape index (κ3) is 6.58. The van der Waals surface area contributed by atoms with Gasteiger partial charge in [-0.15, -0.1) is 11.8 Å². The third-order valence-corrected chi connectivity index (χ3v) is 7.00. The monoisotopic (exact) mass is 427 g/mol. The number of benzene rings is 1. The second-order valence-corrected chi connectivity index (χ2v) is 9.37. The topological polar surface area (TPSA) is 91.8 Å². The van der Waals surface area contributed by atoms with Crippen molar-refractivity contribution in [1.29, 1.82) is 0 Å². The zero-order valence-electron chi connectivity index (χ0n) is 14.8. The molecule has 1 aromatic rings. The predicted molar refractivity (Wildman–Crippen MR) is 110 cm³/mol. The first-order valence-corrected chi connectivity index (χ1v) is 11.4. The van der Waals surface area contributed by atoms with Gasteiger partial charge in [-0.05, 0) is 6.42 Å². The van der Waals surface area contributed by atoms with Crippen molar-refractivity contribution in [3.05, 3.63) is 35.9 Å². The number of thioether (sulfide) groups is 3. The van der Waals surface area contributed by atoms with Crippen LogP contribution in [-0.2, 0) is 14.4 Å². The summed E-state index contributed by atoms with van der Waals surface area (Å²) in [7, 11) is 0. The Morgan fingerprint density at radius 2 is 1.85 bits per heavy atom. The van der Waals surface area contributed by atoms with E-state index in [2.05, 4.69) is 0 Å². The summed E-state index contributed by atoms with van der Waals surface area (Å²) >= 11 is 3.66. The van der Waals surface area contributed by atoms with E-state index in [1.165, 1.54) is 35.3 Å². The van der Waals surface area contributed by atoms with Crippen molar-refractivity contribution >= 4 is 57.4 Å². The quantitative estimate of drug-likeness (QED) is 0.677. The largest absolute Gasteiger partial charge is 0.480 e. The lowest BCUT2D eigenvalue weighted by Gasteiger charge is -2.27. The van der Waals surface area contributed by atoms with Gasteiger partial charge in [0, 0.05) is 36.2 Å². The van der Waals surface area contributed by atoms with Crippen LogP contribution in [0.1, 0.15) is 30.1 Å². The van der Waals surface area contributed by atoms with Gasteiger partial charge < -0.3 is 10.0 Å². The molecule has 146 valence electrons. The van der Waals surface area contributed by atoms with Gasteiger partial charge in [0.25, 0.3) is 0 Å². The SMILES string of the molecule is CC(=O)SCCC1SC[C@@H](C(=O)O)N1C(=O)CCSC(=O)c1ccccc1. The molecule has 27 heavy (non-hydrogen) atoms. The van der Waals surface area contributed by atoms with Gasteiger partial charge in [0.15, 0.2) is 5.12 Å². The summed E-state index contributed by atoms with van der Waals surface area (Å²) in [6.07, 6.45) is 0.657. The Labute approximate surface area is 170 Å². The Morgan fingerprint density at radius 1 is 1.15 bits per heavy atom. The molecule has 2 rings (SSSR count). The van der Waals surface area contributed by atoms with Gasteiger partial charge >= 0.3 is 5.97 Å². The highest BCUT2D eigenvalue weighted by atomic mass is 32.2. The average Bonchev–Trinajstić information content (AvgIpc) is 3.06. The maximum atomic E-state index is 12.6. The van der Waals surface area contributed by atoms with Crippen LogP contribution in [-0.4, -0.2) is 60.8 Å². The highest BCUT2D eigenvalue weighted by Crippen LogP contribution is 2.33. The Hall–Kier alpha value is -1.45. The molecule has 1 aliphatic heterocycles. The molecule has 1 aromatic carbocycles. The van der Waals surface area contributed by atoms with E-state index in [1.54, 1.807) is 24.3 Å². The number of carbonyl (C=O) groups is 4. The fourth-order valence-corrected chi connectivity index (χ4v) is 5.59. The Morgan fingerprint density at radius 3 is 2.48 bits per heavy atom. The van der Waals surface area contributed by atoms with E-state index >= 15 is 0 Å². The van der Waals surface area contributed by atoms with Crippen molar-refractivity contribution in [2.75, 3.05) is 17.3 Å². The van der Waals surface area contributed by atoms with Crippen molar-refractivity contribution in [2.24, 2.45) is 0 Å². The number of rotatable bonds is 8. The molecule has 0 aliphatic carbocycles. The number of aliphatic carboxylic acids is 1. The molecule has 1 saturated heterocycles. The minimum Gasteiger partial charge on any atom is -0.480 e. The fourth-order valence-electron chi connectivity index (χ4n) is 2.63. The lowest BCUT2D eigenvalue weighted by atomic mass is 10.2. The maximum Gasteiger partial charge on any atom is 0.327 e. The molecule has 1 unspecified atom stereocenters. The Bertz CT molecular complexity index is 697. The van der Waals surface area contributed by atoms with Crippen molar-refractivity contribution in [3.63, 3.8) is 0 Å². The normalized spacial score (nSPS) is 19.1. The zero-order valence-corrected chi connectivity index (χ0v) is 17.3. The molecule has 1 N–H and O–H groups in total. The molecule has 0 bridgehead atoms. The number of carbonyl (C=O) groups excluding carboxylic acids is 3. The van der Waals surface area contributed by atoms with E-state index in [1.807, 2.05) is 6.07 Å². The number of hydrogen-bond acceptors (Lipinski definition) is 7. The molecule has 1 amide bonds. The number of carboxylic acid groups (broad SMARTS) is 1. The van der Waals surface area contributed by atoms with E-state index in [4.69, 9.17) is 0 Å². The second kappa shape index (κ2) is 10.8. The molecule has 0 spiro atoms. The van der Waals surface area contributed by atoms with Crippen molar-refractivity contribution in [1.82, 2.24) is 4.90 Å². The zero-order chi connectivity index (χ0) is 19.8. The number of carboxylic acids is 1. The standard InChI is InChI=1S/C18H21NO5S3/c1-12(20)25-10-8-16-19(14(11-27-16)17(22)23)15(21)7-9-26-18(24)13-5-3-2-4-6-13/h2-6,14,16H,7-11H2,1H3,(H,22,23)/t14-,16?/m0/s1. The number of amides is 1. The summed E-state index contributed by atoms with van der Waals surface area (Å²) in [6, 6.07) is 7.97. The molecule has 9 heteroatoms. The van der Waals surface area contributed by atoms with Crippen LogP contribution in [0.25, 0.3) is 0 Å². The molecule has 0 aromatic heterocycles. The minimum absolute atomic E-state index is 0.00137. The van der Waals surface area contributed by atoms with Gasteiger partial charge in [-0.1, -0.05) is 53.9 Å². The number of hydrogen-bond donors (Lipinski definition) is 1. The van der Waals surface area contributed by atoms with E-state index < -0.39 is 12.0 Å². The van der Waals surface area contributed by atoms with Crippen LogP contribution in [0.15, 0.2) is 30.3 Å². The number of nitrogens with zero attached hydrogens (tertiary/aromatic N) is 1. The molecule has 1 aliphatic rings. The van der Waals surface area contributed by atoms with Gasteiger partial charge in [0.05, 0.1) is 5.37 Å². The lowest BCUT2D eigenvalue weighted by molar-refractivity contribution is -0.148. The summed E-state index contributed by atoms with van der Waals surface area (Å²) in [5, 5.41) is 9.04. The van der Waals surface area contributed by atoms with Crippen molar-refractivity contribution in [2.45, 2.75) is 31.2 Å². The van der Waals surface area contributed by atoms with Crippen LogP contribution in [0.2, 0.25) is 0 Å². The molecular weight excluding hydrogens is 406 g/mol. The van der Waals surface area contributed by atoms with E-state index in [-0.39, 0.29) is 27.9 Å². The Balaban J connectivity index is 1.90. The second-order valence-electron chi connectivity index (χ2n) is 5.82. The average molecular weight is 428 g/mol. The maximum absolute atomic E-state index is 12.6. The van der Waals surface area contributed by atoms with Gasteiger partial charge in [-0.2, -0.15) is 0 Å². The molecule has 1 heterocycles. The summed E-state index contributed by atoms with van der Waals surface area (Å²) in [6.45, 7) is 1.48. The lowest BCUT2D eigenvalue weighted by Crippen LogP contribution is -2.46. The molecule has 2 atom stereocenters. The van der Waals surface area contributed by atoms with Crippen LogP contribution < -0.4 is 0 Å². The van der Waals surface area contributed by atoms with Gasteiger partial charge in [0.1, 0.15) is 6.04 Å². The first kappa shape index (κ1) is 21.8. The fraction of sp³-hybridized carbons (Fsp3) is 0.444. The third-order valence-electron chi connectivity index (χ3n) is 3.89. The van der Waals surface area contributed by atoms with Crippen LogP contribution in [0.3, 0.4) is 0 Å². The van der Waals surface area contributed by atoms with Crippen LogP contribution in [0, 0.1) is 0 Å². The van der Waals surface area contributed by atoms with E-state index in [9.17, 15) is 24.3 Å². The van der Waals surface area contributed by atoms with Crippen LogP contribution in [0.5, 0.6) is 0 Å². The Kier molecular flexibility index (Phi) is 8.72. The first-order chi connectivity index (χ1) is 12.9. The molecule has 1 fully saturated rings. The first-order valence-electron chi connectivity index (χ1n) is 8.41. The predicted octanol–water partition coefficient (Wildman–Crippen LogP) is 2.97. The van der Waals surface area contributed by atoms with Crippen LogP contribution in [0.4, 0.5) is 0 Å². The summed E-state index contributed by atoms with van der Waals surface area (Å²) in [5.74, 6) is -0.101. The highest BCUT2D eigenvalue weighted by Gasteiger charge is 2.40. The smallest absolute Gasteiger partial charge is 0.327 e. The van der Waals surface area contributed by atoms with Crippen LogP contribution >= 0.6 is 35.3 Å². The molecule has 6 nitrogen and oxygen atoms in total. The van der Waals surface area contributed by atoms with E-state index in [0.29, 0.717) is 29.2 Å². The van der Waals surface area contributed by atoms with Gasteiger partial charge in [-0.25, -0.2) is 4.79 Å². The molecular formula is C18H21NO5S3. The van der Waals surface area contributed by atoms with E-state index in [0.717, 1.165) is 11.8 Å². The molecule has 0 saturated carbocycles. The molecule has 0 radical (unpaired) electrons. The van der Waals surface area contributed by atoms with Gasteiger partial charge in [0.2, 0.25) is 11.0 Å². The highest BCUT2D eigenvalue weighted by molar-refractivity contribution is 8.14. The minimum atomic E-state index is -1.02.